The van der Waals surface area contributed by atoms with E-state index in [1.165, 1.54) is 11.1 Å². The van der Waals surface area contributed by atoms with E-state index in [2.05, 4.69) is 26.0 Å². The SMILES string of the molecule is CCN(CC(N)=O)Cc1ccc2c(c1)CC(C)(C)O2. The van der Waals surface area contributed by atoms with Gasteiger partial charge < -0.3 is 10.5 Å². The van der Waals surface area contributed by atoms with Crippen LogP contribution in [0.15, 0.2) is 18.2 Å². The maximum absolute atomic E-state index is 11.0. The number of carbonyl (C=O) groups excluding carboxylic acids is 1. The van der Waals surface area contributed by atoms with Gasteiger partial charge in [0.05, 0.1) is 6.54 Å². The fraction of sp³-hybridized carbons (Fsp3) is 0.533. The molecular formula is C15H22N2O2. The Balaban J connectivity index is 2.09. The third-order valence-electron chi connectivity index (χ3n) is 3.36. The molecule has 1 aromatic rings. The lowest BCUT2D eigenvalue weighted by molar-refractivity contribution is -0.119. The molecular weight excluding hydrogens is 240 g/mol. The van der Waals surface area contributed by atoms with Crippen molar-refractivity contribution in [2.24, 2.45) is 5.73 Å². The van der Waals surface area contributed by atoms with E-state index >= 15 is 0 Å². The van der Waals surface area contributed by atoms with E-state index in [9.17, 15) is 4.79 Å². The highest BCUT2D eigenvalue weighted by Crippen LogP contribution is 2.35. The number of hydrogen-bond donors (Lipinski definition) is 1. The van der Waals surface area contributed by atoms with Crippen molar-refractivity contribution >= 4 is 5.91 Å². The minimum atomic E-state index is -0.285. The summed E-state index contributed by atoms with van der Waals surface area (Å²) in [4.78, 5) is 13.0. The van der Waals surface area contributed by atoms with E-state index in [1.54, 1.807) is 0 Å². The van der Waals surface area contributed by atoms with Gasteiger partial charge in [-0.15, -0.1) is 0 Å². The molecule has 1 aliphatic rings. The Hall–Kier alpha value is -1.55. The van der Waals surface area contributed by atoms with Crippen molar-refractivity contribution in [1.82, 2.24) is 4.90 Å². The van der Waals surface area contributed by atoms with Crippen LogP contribution in [-0.2, 0) is 17.8 Å². The van der Waals surface area contributed by atoms with Crippen LogP contribution in [0, 0.1) is 0 Å². The molecule has 1 aliphatic heterocycles. The zero-order valence-corrected chi connectivity index (χ0v) is 11.9. The van der Waals surface area contributed by atoms with Gasteiger partial charge in [-0.25, -0.2) is 0 Å². The van der Waals surface area contributed by atoms with Crippen LogP contribution in [0.2, 0.25) is 0 Å². The molecule has 4 heteroatoms. The first-order chi connectivity index (χ1) is 8.89. The van der Waals surface area contributed by atoms with Gasteiger partial charge in [0, 0.05) is 13.0 Å². The highest BCUT2D eigenvalue weighted by molar-refractivity contribution is 5.75. The Morgan fingerprint density at radius 1 is 1.47 bits per heavy atom. The summed E-state index contributed by atoms with van der Waals surface area (Å²) in [6.45, 7) is 8.07. The molecule has 19 heavy (non-hydrogen) atoms. The van der Waals surface area contributed by atoms with Gasteiger partial charge in [-0.2, -0.15) is 0 Å². The Bertz CT molecular complexity index is 483. The van der Waals surface area contributed by atoms with E-state index in [4.69, 9.17) is 10.5 Å². The minimum absolute atomic E-state index is 0.112. The van der Waals surface area contributed by atoms with Crippen molar-refractivity contribution < 1.29 is 9.53 Å². The number of hydrogen-bond acceptors (Lipinski definition) is 3. The van der Waals surface area contributed by atoms with Gasteiger partial charge in [0.2, 0.25) is 5.91 Å². The minimum Gasteiger partial charge on any atom is -0.487 e. The number of benzene rings is 1. The summed E-state index contributed by atoms with van der Waals surface area (Å²) < 4.78 is 5.86. The molecule has 2 N–H and O–H groups in total. The topological polar surface area (TPSA) is 55.6 Å². The number of nitrogens with zero attached hydrogens (tertiary/aromatic N) is 1. The van der Waals surface area contributed by atoms with Gasteiger partial charge in [-0.3, -0.25) is 9.69 Å². The Labute approximate surface area is 114 Å². The third-order valence-corrected chi connectivity index (χ3v) is 3.36. The predicted molar refractivity (Wildman–Crippen MR) is 75.0 cm³/mol. The van der Waals surface area contributed by atoms with E-state index in [1.807, 2.05) is 17.9 Å². The summed E-state index contributed by atoms with van der Waals surface area (Å²) in [6.07, 6.45) is 0.929. The Kier molecular flexibility index (Phi) is 3.80. The van der Waals surface area contributed by atoms with Gasteiger partial charge >= 0.3 is 0 Å². The van der Waals surface area contributed by atoms with Gasteiger partial charge in [-0.1, -0.05) is 19.1 Å². The van der Waals surface area contributed by atoms with Crippen LogP contribution in [-0.4, -0.2) is 29.5 Å². The number of nitrogens with two attached hydrogens (primary N) is 1. The summed E-state index contributed by atoms with van der Waals surface area (Å²) in [7, 11) is 0. The van der Waals surface area contributed by atoms with Crippen LogP contribution < -0.4 is 10.5 Å². The van der Waals surface area contributed by atoms with Crippen molar-refractivity contribution in [3.05, 3.63) is 29.3 Å². The van der Waals surface area contributed by atoms with Crippen molar-refractivity contribution in [2.75, 3.05) is 13.1 Å². The molecule has 0 fully saturated rings. The van der Waals surface area contributed by atoms with Crippen molar-refractivity contribution in [2.45, 2.75) is 39.3 Å². The highest BCUT2D eigenvalue weighted by Gasteiger charge is 2.29. The monoisotopic (exact) mass is 262 g/mol. The number of likely N-dealkylation sites (N-methyl/N-ethyl adjacent to an activating group) is 1. The van der Waals surface area contributed by atoms with Crippen molar-refractivity contribution in [1.29, 1.82) is 0 Å². The normalized spacial score (nSPS) is 16.2. The highest BCUT2D eigenvalue weighted by atomic mass is 16.5. The zero-order valence-electron chi connectivity index (χ0n) is 11.9. The molecule has 0 saturated heterocycles. The lowest BCUT2D eigenvalue weighted by atomic mass is 10.00. The molecule has 0 radical (unpaired) electrons. The molecule has 104 valence electrons. The number of fused-ring (bicyclic) bond motifs is 1. The molecule has 0 aliphatic carbocycles. The van der Waals surface area contributed by atoms with Crippen molar-refractivity contribution in [3.8, 4) is 5.75 Å². The average molecular weight is 262 g/mol. The summed E-state index contributed by atoms with van der Waals surface area (Å²) in [5, 5.41) is 0. The van der Waals surface area contributed by atoms with E-state index < -0.39 is 0 Å². The number of amides is 1. The summed E-state index contributed by atoms with van der Waals surface area (Å²) >= 11 is 0. The van der Waals surface area contributed by atoms with E-state index in [0.717, 1.165) is 25.3 Å². The first kappa shape index (κ1) is 13.9. The molecule has 0 atom stereocenters. The third kappa shape index (κ3) is 3.47. The Morgan fingerprint density at radius 2 is 2.21 bits per heavy atom. The second kappa shape index (κ2) is 5.21. The number of primary amides is 1. The lowest BCUT2D eigenvalue weighted by Gasteiger charge is -2.18. The molecule has 0 saturated carbocycles. The molecule has 1 heterocycles. The molecule has 1 amide bonds. The summed E-state index contributed by atoms with van der Waals surface area (Å²) in [6, 6.07) is 6.26. The maximum Gasteiger partial charge on any atom is 0.231 e. The van der Waals surface area contributed by atoms with Crippen LogP contribution in [0.5, 0.6) is 5.75 Å². The number of carbonyl (C=O) groups is 1. The second-order valence-electron chi connectivity index (χ2n) is 5.75. The smallest absolute Gasteiger partial charge is 0.231 e. The standard InChI is InChI=1S/C15H22N2O2/c1-4-17(10-14(16)18)9-11-5-6-13-12(7-11)8-15(2,3)19-13/h5-7H,4,8-10H2,1-3H3,(H2,16,18). The van der Waals surface area contributed by atoms with Gasteiger partial charge in [0.1, 0.15) is 11.4 Å². The van der Waals surface area contributed by atoms with Crippen LogP contribution in [0.25, 0.3) is 0 Å². The van der Waals surface area contributed by atoms with Crippen molar-refractivity contribution in [3.63, 3.8) is 0 Å². The molecule has 0 spiro atoms. The van der Waals surface area contributed by atoms with Crippen LogP contribution in [0.1, 0.15) is 31.9 Å². The molecule has 1 aromatic carbocycles. The fourth-order valence-electron chi connectivity index (χ4n) is 2.52. The quantitative estimate of drug-likeness (QED) is 0.879. The molecule has 2 rings (SSSR count). The Morgan fingerprint density at radius 3 is 2.84 bits per heavy atom. The van der Waals surface area contributed by atoms with Crippen LogP contribution in [0.4, 0.5) is 0 Å². The molecule has 4 nitrogen and oxygen atoms in total. The number of rotatable bonds is 5. The molecule has 0 bridgehead atoms. The van der Waals surface area contributed by atoms with Gasteiger partial charge in [0.25, 0.3) is 0 Å². The lowest BCUT2D eigenvalue weighted by Crippen LogP contribution is -2.33. The maximum atomic E-state index is 11.0. The summed E-state index contributed by atoms with van der Waals surface area (Å²) in [5.41, 5.74) is 7.58. The van der Waals surface area contributed by atoms with Gasteiger partial charge in [0.15, 0.2) is 0 Å². The first-order valence-corrected chi connectivity index (χ1v) is 6.71. The van der Waals surface area contributed by atoms with E-state index in [0.29, 0.717) is 6.54 Å². The first-order valence-electron chi connectivity index (χ1n) is 6.71. The molecule has 0 aromatic heterocycles. The fourth-order valence-corrected chi connectivity index (χ4v) is 2.52. The average Bonchev–Trinajstić information content (AvgIpc) is 2.60. The zero-order chi connectivity index (χ0) is 14.0. The second-order valence-corrected chi connectivity index (χ2v) is 5.75. The van der Waals surface area contributed by atoms with E-state index in [-0.39, 0.29) is 11.5 Å². The summed E-state index contributed by atoms with van der Waals surface area (Å²) in [5.74, 6) is 0.694. The van der Waals surface area contributed by atoms with Gasteiger partial charge in [-0.05, 0) is 37.6 Å². The number of ether oxygens (including phenoxy) is 1. The van der Waals surface area contributed by atoms with Crippen LogP contribution in [0.3, 0.4) is 0 Å². The largest absolute Gasteiger partial charge is 0.487 e. The van der Waals surface area contributed by atoms with Crippen LogP contribution >= 0.6 is 0 Å². The molecule has 0 unspecified atom stereocenters. The predicted octanol–water partition coefficient (Wildman–Crippen LogP) is 1.71.